The molecule has 156 valence electrons. The van der Waals surface area contributed by atoms with Gasteiger partial charge in [0.25, 0.3) is 5.91 Å². The summed E-state index contributed by atoms with van der Waals surface area (Å²) in [5.41, 5.74) is 2.76. The molecule has 1 saturated heterocycles. The lowest BCUT2D eigenvalue weighted by atomic mass is 9.83. The molecule has 0 saturated carbocycles. The lowest BCUT2D eigenvalue weighted by molar-refractivity contribution is -0.131. The highest BCUT2D eigenvalue weighted by atomic mass is 16.2. The zero-order valence-electron chi connectivity index (χ0n) is 17.6. The van der Waals surface area contributed by atoms with Crippen LogP contribution < -0.4 is 5.32 Å². The molecule has 0 aromatic heterocycles. The van der Waals surface area contributed by atoms with Crippen molar-refractivity contribution in [2.24, 2.45) is 0 Å². The second kappa shape index (κ2) is 8.19. The molecule has 0 radical (unpaired) electrons. The smallest absolute Gasteiger partial charge is 0.319 e. The Labute approximate surface area is 181 Å². The summed E-state index contributed by atoms with van der Waals surface area (Å²) < 4.78 is 0. The first-order valence-corrected chi connectivity index (χ1v) is 10.2. The van der Waals surface area contributed by atoms with Gasteiger partial charge in [0, 0.05) is 12.0 Å². The van der Waals surface area contributed by atoms with Gasteiger partial charge in [-0.15, -0.1) is 0 Å². The predicted molar refractivity (Wildman–Crippen MR) is 119 cm³/mol. The zero-order valence-corrected chi connectivity index (χ0v) is 17.6. The van der Waals surface area contributed by atoms with Crippen LogP contribution in [0.1, 0.15) is 32.6 Å². The Balaban J connectivity index is 1.68. The lowest BCUT2D eigenvalue weighted by Gasteiger charge is -2.27. The summed E-state index contributed by atoms with van der Waals surface area (Å²) in [7, 11) is 0. The number of nitrogens with one attached hydrogen (secondary N) is 1. The fourth-order valence-electron chi connectivity index (χ4n) is 4.17. The van der Waals surface area contributed by atoms with Crippen LogP contribution >= 0.6 is 0 Å². The second-order valence-electron chi connectivity index (χ2n) is 8.00. The summed E-state index contributed by atoms with van der Waals surface area (Å²) in [5, 5.41) is 2.90. The molecule has 1 atom stereocenters. The van der Waals surface area contributed by atoms with E-state index in [9.17, 15) is 14.4 Å². The molecule has 31 heavy (non-hydrogen) atoms. The Bertz CT molecular complexity index is 1140. The van der Waals surface area contributed by atoms with Crippen LogP contribution in [-0.2, 0) is 16.8 Å². The minimum atomic E-state index is -1.25. The number of amides is 3. The van der Waals surface area contributed by atoms with Crippen molar-refractivity contribution in [3.05, 3.63) is 107 Å². The van der Waals surface area contributed by atoms with E-state index < -0.39 is 17.5 Å². The van der Waals surface area contributed by atoms with Crippen LogP contribution in [0.25, 0.3) is 0 Å². The molecule has 1 heterocycles. The summed E-state index contributed by atoms with van der Waals surface area (Å²) in [5.74, 6) is -0.671. The highest BCUT2D eigenvalue weighted by Gasteiger charge is 2.52. The lowest BCUT2D eigenvalue weighted by Crippen LogP contribution is -2.46. The van der Waals surface area contributed by atoms with Gasteiger partial charge in [0.2, 0.25) is 0 Å². The Morgan fingerprint density at radius 3 is 2.19 bits per heavy atom. The first kappa shape index (κ1) is 20.5. The quantitative estimate of drug-likeness (QED) is 0.488. The number of urea groups is 1. The minimum Gasteiger partial charge on any atom is -0.319 e. The molecule has 5 nitrogen and oxygen atoms in total. The molecule has 1 fully saturated rings. The van der Waals surface area contributed by atoms with E-state index in [1.54, 1.807) is 6.07 Å². The van der Waals surface area contributed by atoms with E-state index in [1.807, 2.05) is 86.6 Å². The van der Waals surface area contributed by atoms with E-state index in [0.29, 0.717) is 17.5 Å². The van der Waals surface area contributed by atoms with Gasteiger partial charge in [0.1, 0.15) is 0 Å². The fraction of sp³-hybridized carbons (Fsp3) is 0.192. The van der Waals surface area contributed by atoms with E-state index in [0.717, 1.165) is 21.6 Å². The van der Waals surface area contributed by atoms with Gasteiger partial charge in [-0.2, -0.15) is 0 Å². The summed E-state index contributed by atoms with van der Waals surface area (Å²) in [4.78, 5) is 40.5. The Kier molecular flexibility index (Phi) is 5.42. The number of aryl methyl sites for hydroxylation is 2. The van der Waals surface area contributed by atoms with Crippen LogP contribution in [0.5, 0.6) is 0 Å². The first-order valence-electron chi connectivity index (χ1n) is 10.2. The van der Waals surface area contributed by atoms with Crippen LogP contribution in [0.4, 0.5) is 4.79 Å². The molecule has 1 aliphatic heterocycles. The minimum absolute atomic E-state index is 0.260. The number of carbonyl (C=O) groups is 3. The van der Waals surface area contributed by atoms with Gasteiger partial charge in [0.15, 0.2) is 11.3 Å². The van der Waals surface area contributed by atoms with E-state index in [-0.39, 0.29) is 12.3 Å². The third-order valence-corrected chi connectivity index (χ3v) is 5.74. The van der Waals surface area contributed by atoms with Gasteiger partial charge >= 0.3 is 6.03 Å². The summed E-state index contributed by atoms with van der Waals surface area (Å²) in [6.07, 6.45) is 0.302. The number of nitrogens with zero attached hydrogens (tertiary/aromatic N) is 1. The first-order chi connectivity index (χ1) is 14.9. The molecule has 3 aromatic carbocycles. The van der Waals surface area contributed by atoms with Crippen molar-refractivity contribution in [3.8, 4) is 0 Å². The van der Waals surface area contributed by atoms with Gasteiger partial charge in [-0.3, -0.25) is 14.5 Å². The maximum Gasteiger partial charge on any atom is 0.325 e. The molecular weight excluding hydrogens is 388 g/mol. The highest BCUT2D eigenvalue weighted by molar-refractivity contribution is 6.11. The average Bonchev–Trinajstić information content (AvgIpc) is 3.00. The molecule has 1 N–H and O–H groups in total. The van der Waals surface area contributed by atoms with Crippen LogP contribution in [0.3, 0.4) is 0 Å². The topological polar surface area (TPSA) is 66.5 Å². The predicted octanol–water partition coefficient (Wildman–Crippen LogP) is 4.18. The standard InChI is InChI=1S/C26H24N2O3/c1-18-13-14-22(19(2)15-18)23(29)17-28-24(30)26(27-25(28)31,21-11-7-4-8-12-21)16-20-9-5-3-6-10-20/h3-15H,16-17H2,1-2H3,(H,27,31). The third kappa shape index (κ3) is 3.87. The largest absolute Gasteiger partial charge is 0.325 e. The van der Waals surface area contributed by atoms with Gasteiger partial charge in [-0.05, 0) is 30.5 Å². The molecule has 0 bridgehead atoms. The van der Waals surface area contributed by atoms with Crippen molar-refractivity contribution in [1.82, 2.24) is 10.2 Å². The second-order valence-corrected chi connectivity index (χ2v) is 8.00. The number of hydrogen-bond donors (Lipinski definition) is 1. The van der Waals surface area contributed by atoms with Gasteiger partial charge in [-0.25, -0.2) is 4.79 Å². The van der Waals surface area contributed by atoms with Gasteiger partial charge < -0.3 is 5.32 Å². The van der Waals surface area contributed by atoms with Crippen LogP contribution in [0.15, 0.2) is 78.9 Å². The molecule has 1 aliphatic rings. The van der Waals surface area contributed by atoms with Crippen molar-refractivity contribution in [1.29, 1.82) is 0 Å². The maximum atomic E-state index is 13.6. The number of hydrogen-bond acceptors (Lipinski definition) is 3. The van der Waals surface area contributed by atoms with Crippen molar-refractivity contribution in [2.75, 3.05) is 6.54 Å². The highest BCUT2D eigenvalue weighted by Crippen LogP contribution is 2.33. The van der Waals surface area contributed by atoms with Crippen LogP contribution in [0, 0.1) is 13.8 Å². The maximum absolute atomic E-state index is 13.6. The van der Waals surface area contributed by atoms with Crippen LogP contribution in [-0.4, -0.2) is 29.2 Å². The normalized spacial score (nSPS) is 18.2. The number of benzene rings is 3. The number of Topliss-reactive ketones (excluding diaryl/α,β-unsaturated/α-hetero) is 1. The monoisotopic (exact) mass is 412 g/mol. The van der Waals surface area contributed by atoms with Crippen LogP contribution in [0.2, 0.25) is 0 Å². The van der Waals surface area contributed by atoms with Gasteiger partial charge in [-0.1, -0.05) is 84.4 Å². The van der Waals surface area contributed by atoms with Crippen molar-refractivity contribution >= 4 is 17.7 Å². The molecule has 1 unspecified atom stereocenters. The third-order valence-electron chi connectivity index (χ3n) is 5.74. The summed E-state index contributed by atoms with van der Waals surface area (Å²) >= 11 is 0. The SMILES string of the molecule is Cc1ccc(C(=O)CN2C(=O)NC(Cc3ccccc3)(c3ccccc3)C2=O)c(C)c1. The van der Waals surface area contributed by atoms with E-state index in [1.165, 1.54) is 0 Å². The Morgan fingerprint density at radius 1 is 0.903 bits per heavy atom. The van der Waals surface area contributed by atoms with Crippen molar-refractivity contribution < 1.29 is 14.4 Å². The Hall–Kier alpha value is -3.73. The van der Waals surface area contributed by atoms with E-state index in [2.05, 4.69) is 5.32 Å². The number of rotatable bonds is 6. The molecule has 3 aromatic rings. The van der Waals surface area contributed by atoms with Crippen molar-refractivity contribution in [3.63, 3.8) is 0 Å². The van der Waals surface area contributed by atoms with E-state index >= 15 is 0 Å². The molecule has 0 spiro atoms. The molecule has 0 aliphatic carbocycles. The average molecular weight is 412 g/mol. The van der Waals surface area contributed by atoms with Crippen molar-refractivity contribution in [2.45, 2.75) is 25.8 Å². The molecule has 5 heteroatoms. The summed E-state index contributed by atoms with van der Waals surface area (Å²) in [6.45, 7) is 3.52. The molecular formula is C26H24N2O3. The number of imide groups is 1. The zero-order chi connectivity index (χ0) is 22.0. The summed E-state index contributed by atoms with van der Waals surface area (Å²) in [6, 6.07) is 23.7. The van der Waals surface area contributed by atoms with E-state index in [4.69, 9.17) is 0 Å². The Morgan fingerprint density at radius 2 is 1.55 bits per heavy atom. The fourth-order valence-corrected chi connectivity index (χ4v) is 4.17. The number of carbonyl (C=O) groups excluding carboxylic acids is 3. The van der Waals surface area contributed by atoms with Gasteiger partial charge in [0.05, 0.1) is 6.54 Å². The number of ketones is 1. The molecule has 4 rings (SSSR count). The molecule has 3 amide bonds.